The Labute approximate surface area is 97.4 Å². The first-order valence-electron chi connectivity index (χ1n) is 5.20. The molecule has 1 rings (SSSR count). The summed E-state index contributed by atoms with van der Waals surface area (Å²) in [5, 5.41) is 15.6. The van der Waals surface area contributed by atoms with Gasteiger partial charge < -0.3 is 10.4 Å². The molecule has 0 aliphatic carbocycles. The Kier molecular flexibility index (Phi) is 4.16. The van der Waals surface area contributed by atoms with Gasteiger partial charge in [0.2, 0.25) is 0 Å². The number of halogens is 3. The molecule has 0 aliphatic rings. The third-order valence-corrected chi connectivity index (χ3v) is 2.51. The van der Waals surface area contributed by atoms with Crippen molar-refractivity contribution in [1.82, 2.24) is 15.1 Å². The number of alkyl halides is 3. The van der Waals surface area contributed by atoms with E-state index >= 15 is 0 Å². The number of hydrogen-bond donors (Lipinski definition) is 2. The summed E-state index contributed by atoms with van der Waals surface area (Å²) in [5.74, 6) is 0. The SMILES string of the molecule is Cc1nn(C)cc1C(C)NCC(O)C(F)(F)F. The van der Waals surface area contributed by atoms with Crippen molar-refractivity contribution in [3.63, 3.8) is 0 Å². The Hall–Kier alpha value is -1.08. The third-order valence-electron chi connectivity index (χ3n) is 2.51. The zero-order chi connectivity index (χ0) is 13.2. The monoisotopic (exact) mass is 251 g/mol. The largest absolute Gasteiger partial charge is 0.415 e. The van der Waals surface area contributed by atoms with Gasteiger partial charge in [0.15, 0.2) is 6.10 Å². The van der Waals surface area contributed by atoms with Gasteiger partial charge in [0, 0.05) is 31.4 Å². The van der Waals surface area contributed by atoms with Crippen LogP contribution >= 0.6 is 0 Å². The molecule has 0 aliphatic heterocycles. The van der Waals surface area contributed by atoms with Crippen molar-refractivity contribution in [2.75, 3.05) is 6.54 Å². The van der Waals surface area contributed by atoms with E-state index in [1.807, 2.05) is 0 Å². The Bertz CT molecular complexity index is 375. The summed E-state index contributed by atoms with van der Waals surface area (Å²) in [6, 6.07) is -0.291. The number of aryl methyl sites for hydroxylation is 2. The van der Waals surface area contributed by atoms with Crippen LogP contribution in [0.4, 0.5) is 13.2 Å². The number of rotatable bonds is 4. The van der Waals surface area contributed by atoms with E-state index in [-0.39, 0.29) is 6.04 Å². The summed E-state index contributed by atoms with van der Waals surface area (Å²) in [4.78, 5) is 0. The maximum Gasteiger partial charge on any atom is 0.415 e. The van der Waals surface area contributed by atoms with Crippen LogP contribution in [-0.4, -0.2) is 33.7 Å². The highest BCUT2D eigenvalue weighted by Crippen LogP contribution is 2.21. The molecule has 0 bridgehead atoms. The minimum absolute atomic E-state index is 0.291. The van der Waals surface area contributed by atoms with Crippen LogP contribution in [0.1, 0.15) is 24.2 Å². The van der Waals surface area contributed by atoms with Crippen molar-refractivity contribution in [3.8, 4) is 0 Å². The fraction of sp³-hybridized carbons (Fsp3) is 0.700. The Balaban J connectivity index is 2.56. The van der Waals surface area contributed by atoms with E-state index in [9.17, 15) is 13.2 Å². The molecule has 7 heteroatoms. The highest BCUT2D eigenvalue weighted by Gasteiger charge is 2.38. The molecule has 0 spiro atoms. The lowest BCUT2D eigenvalue weighted by atomic mass is 10.1. The Morgan fingerprint density at radius 2 is 2.12 bits per heavy atom. The fourth-order valence-electron chi connectivity index (χ4n) is 1.56. The average Bonchev–Trinajstić information content (AvgIpc) is 2.52. The molecule has 2 atom stereocenters. The maximum absolute atomic E-state index is 12.1. The summed E-state index contributed by atoms with van der Waals surface area (Å²) in [7, 11) is 1.74. The van der Waals surface area contributed by atoms with Crippen molar-refractivity contribution < 1.29 is 18.3 Å². The summed E-state index contributed by atoms with van der Waals surface area (Å²) < 4.78 is 37.8. The van der Waals surface area contributed by atoms with Crippen molar-refractivity contribution in [2.45, 2.75) is 32.2 Å². The predicted molar refractivity (Wildman–Crippen MR) is 56.4 cm³/mol. The molecule has 98 valence electrons. The van der Waals surface area contributed by atoms with Gasteiger partial charge in [-0.1, -0.05) is 0 Å². The fourth-order valence-corrected chi connectivity index (χ4v) is 1.56. The van der Waals surface area contributed by atoms with Crippen molar-refractivity contribution in [1.29, 1.82) is 0 Å². The van der Waals surface area contributed by atoms with Crippen molar-refractivity contribution >= 4 is 0 Å². The van der Waals surface area contributed by atoms with Crippen LogP contribution in [0.2, 0.25) is 0 Å². The first-order valence-corrected chi connectivity index (χ1v) is 5.20. The second kappa shape index (κ2) is 5.05. The van der Waals surface area contributed by atoms with Crippen LogP contribution in [0.25, 0.3) is 0 Å². The second-order valence-corrected chi connectivity index (χ2v) is 4.03. The molecule has 4 nitrogen and oxygen atoms in total. The van der Waals surface area contributed by atoms with Crippen LogP contribution in [0, 0.1) is 6.92 Å². The summed E-state index contributed by atoms with van der Waals surface area (Å²) in [6.07, 6.45) is -5.19. The number of aromatic nitrogens is 2. The summed E-state index contributed by atoms with van der Waals surface area (Å²) >= 11 is 0. The predicted octanol–water partition coefficient (Wildman–Crippen LogP) is 1.30. The van der Waals surface area contributed by atoms with Crippen molar-refractivity contribution in [3.05, 3.63) is 17.5 Å². The van der Waals surface area contributed by atoms with Gasteiger partial charge >= 0.3 is 6.18 Å². The van der Waals surface area contributed by atoms with E-state index in [2.05, 4.69) is 10.4 Å². The Morgan fingerprint density at radius 3 is 2.53 bits per heavy atom. The number of nitrogens with one attached hydrogen (secondary N) is 1. The molecule has 17 heavy (non-hydrogen) atoms. The van der Waals surface area contributed by atoms with Gasteiger partial charge in [0.25, 0.3) is 0 Å². The Morgan fingerprint density at radius 1 is 1.53 bits per heavy atom. The summed E-state index contributed by atoms with van der Waals surface area (Å²) in [5.41, 5.74) is 1.58. The molecule has 0 saturated carbocycles. The molecule has 0 saturated heterocycles. The van der Waals surface area contributed by atoms with Crippen LogP contribution < -0.4 is 5.32 Å². The molecule has 0 aromatic carbocycles. The van der Waals surface area contributed by atoms with E-state index in [0.717, 1.165) is 11.3 Å². The van der Waals surface area contributed by atoms with E-state index in [1.54, 1.807) is 31.8 Å². The lowest BCUT2D eigenvalue weighted by Gasteiger charge is -2.18. The van der Waals surface area contributed by atoms with Crippen LogP contribution in [0.15, 0.2) is 6.20 Å². The first-order chi connectivity index (χ1) is 7.71. The quantitative estimate of drug-likeness (QED) is 0.848. The van der Waals surface area contributed by atoms with Gasteiger partial charge in [0.05, 0.1) is 5.69 Å². The van der Waals surface area contributed by atoms with Gasteiger partial charge in [-0.3, -0.25) is 4.68 Å². The second-order valence-electron chi connectivity index (χ2n) is 4.03. The van der Waals surface area contributed by atoms with Crippen LogP contribution in [0.5, 0.6) is 0 Å². The molecular weight excluding hydrogens is 235 g/mol. The van der Waals surface area contributed by atoms with Gasteiger partial charge in [-0.05, 0) is 13.8 Å². The topological polar surface area (TPSA) is 50.1 Å². The molecule has 2 N–H and O–H groups in total. The molecule has 1 heterocycles. The normalized spacial score (nSPS) is 15.9. The standard InChI is InChI=1S/C10H16F3N3O/c1-6(8-5-16(3)15-7(8)2)14-4-9(17)10(11,12)13/h5-6,9,14,17H,4H2,1-3H3. The van der Waals surface area contributed by atoms with Gasteiger partial charge in [0.1, 0.15) is 0 Å². The van der Waals surface area contributed by atoms with Crippen molar-refractivity contribution in [2.24, 2.45) is 7.05 Å². The maximum atomic E-state index is 12.1. The zero-order valence-electron chi connectivity index (χ0n) is 9.91. The van der Waals surface area contributed by atoms with E-state index in [1.165, 1.54) is 0 Å². The van der Waals surface area contributed by atoms with Gasteiger partial charge in [-0.25, -0.2) is 0 Å². The molecule has 0 amide bonds. The highest BCUT2D eigenvalue weighted by molar-refractivity contribution is 5.19. The smallest absolute Gasteiger partial charge is 0.382 e. The molecule has 0 radical (unpaired) electrons. The lowest BCUT2D eigenvalue weighted by molar-refractivity contribution is -0.202. The van der Waals surface area contributed by atoms with Gasteiger partial charge in [-0.15, -0.1) is 0 Å². The van der Waals surface area contributed by atoms with Gasteiger partial charge in [-0.2, -0.15) is 18.3 Å². The molecule has 2 unspecified atom stereocenters. The van der Waals surface area contributed by atoms with E-state index < -0.39 is 18.8 Å². The average molecular weight is 251 g/mol. The highest BCUT2D eigenvalue weighted by atomic mass is 19.4. The number of nitrogens with zero attached hydrogens (tertiary/aromatic N) is 2. The minimum atomic E-state index is -4.59. The zero-order valence-corrected chi connectivity index (χ0v) is 9.91. The van der Waals surface area contributed by atoms with Crippen LogP contribution in [0.3, 0.4) is 0 Å². The third kappa shape index (κ3) is 3.71. The van der Waals surface area contributed by atoms with E-state index in [0.29, 0.717) is 0 Å². The number of aliphatic hydroxyl groups excluding tert-OH is 1. The number of hydrogen-bond acceptors (Lipinski definition) is 3. The lowest BCUT2D eigenvalue weighted by Crippen LogP contribution is -2.39. The summed E-state index contributed by atoms with van der Waals surface area (Å²) in [6.45, 7) is 2.99. The van der Waals surface area contributed by atoms with Crippen LogP contribution in [-0.2, 0) is 7.05 Å². The molecule has 0 fully saturated rings. The van der Waals surface area contributed by atoms with E-state index in [4.69, 9.17) is 5.11 Å². The first kappa shape index (κ1) is 14.0. The number of aliphatic hydroxyl groups is 1. The minimum Gasteiger partial charge on any atom is -0.382 e. The molecular formula is C10H16F3N3O. The molecule has 1 aromatic heterocycles. The molecule has 1 aromatic rings.